The van der Waals surface area contributed by atoms with Gasteiger partial charge in [-0.25, -0.2) is 8.42 Å². The summed E-state index contributed by atoms with van der Waals surface area (Å²) < 4.78 is 24.6. The Balaban J connectivity index is 4.63. The van der Waals surface area contributed by atoms with E-state index < -0.39 is 21.2 Å². The summed E-state index contributed by atoms with van der Waals surface area (Å²) in [5.74, 6) is -0.422. The Morgan fingerprint density at radius 2 is 1.80 bits per heavy atom. The third kappa shape index (κ3) is 2.67. The van der Waals surface area contributed by atoms with Gasteiger partial charge in [0.1, 0.15) is 0 Å². The molecule has 0 aromatic carbocycles. The zero-order valence-corrected chi connectivity index (χ0v) is 6.72. The molecule has 10 heavy (non-hydrogen) atoms. The summed E-state index contributed by atoms with van der Waals surface area (Å²) in [5.41, 5.74) is 9.73. The van der Waals surface area contributed by atoms with E-state index in [-0.39, 0.29) is 0 Å². The Morgan fingerprint density at radius 1 is 1.40 bits per heavy atom. The molecule has 0 aromatic rings. The maximum absolute atomic E-state index is 10.8. The van der Waals surface area contributed by atoms with Crippen LogP contribution in [-0.2, 0) is 10.0 Å². The predicted octanol–water partition coefficient (Wildman–Crippen LogP) is -1.00. The smallest absolute Gasteiger partial charge is 0.258 e. The Bertz CT molecular complexity index is 225. The molecule has 0 aliphatic rings. The van der Waals surface area contributed by atoms with Crippen LogP contribution in [0.4, 0.5) is 0 Å². The van der Waals surface area contributed by atoms with Gasteiger partial charge in [0.15, 0.2) is 0 Å². The van der Waals surface area contributed by atoms with Gasteiger partial charge >= 0.3 is 0 Å². The Labute approximate surface area is 60.2 Å². The maximum Gasteiger partial charge on any atom is 0.258 e. The van der Waals surface area contributed by atoms with Gasteiger partial charge in [-0.15, -0.1) is 4.40 Å². The van der Waals surface area contributed by atoms with Gasteiger partial charge in [0, 0.05) is 0 Å². The van der Waals surface area contributed by atoms with Crippen LogP contribution in [0.3, 0.4) is 0 Å². The van der Waals surface area contributed by atoms with Crippen molar-refractivity contribution in [2.75, 3.05) is 0 Å². The number of hydrogen-bond acceptors (Lipinski definition) is 2. The van der Waals surface area contributed by atoms with Gasteiger partial charge in [-0.2, -0.15) is 0 Å². The van der Waals surface area contributed by atoms with Crippen molar-refractivity contribution < 1.29 is 8.42 Å². The minimum Gasteiger partial charge on any atom is -0.369 e. The quantitative estimate of drug-likeness (QED) is 0.405. The number of hydrogen-bond donors (Lipinski definition) is 2. The minimum absolute atomic E-state index is 0.422. The van der Waals surface area contributed by atoms with Crippen molar-refractivity contribution in [3.8, 4) is 0 Å². The van der Waals surface area contributed by atoms with Gasteiger partial charge in [-0.05, 0) is 13.8 Å². The lowest BCUT2D eigenvalue weighted by molar-refractivity contribution is 0.589. The molecule has 0 fully saturated rings. The molecule has 0 unspecified atom stereocenters. The second-order valence-corrected chi connectivity index (χ2v) is 4.24. The topological polar surface area (TPSA) is 98.5 Å². The molecule has 0 amide bonds. The van der Waals surface area contributed by atoms with Crippen molar-refractivity contribution in [1.29, 1.82) is 0 Å². The van der Waals surface area contributed by atoms with E-state index in [4.69, 9.17) is 11.5 Å². The lowest BCUT2D eigenvalue weighted by atomic mass is 10.6. The van der Waals surface area contributed by atoms with Crippen molar-refractivity contribution in [2.24, 2.45) is 15.9 Å². The van der Waals surface area contributed by atoms with E-state index in [0.29, 0.717) is 0 Å². The maximum atomic E-state index is 10.8. The van der Waals surface area contributed by atoms with Gasteiger partial charge in [0.05, 0.1) is 5.25 Å². The van der Waals surface area contributed by atoms with Crippen molar-refractivity contribution >= 4 is 16.0 Å². The van der Waals surface area contributed by atoms with Gasteiger partial charge < -0.3 is 11.5 Å². The van der Waals surface area contributed by atoms with E-state index in [1.54, 1.807) is 0 Å². The fourth-order valence-corrected chi connectivity index (χ4v) is 0.757. The normalized spacial score (nSPS) is 11.5. The van der Waals surface area contributed by atoms with Crippen LogP contribution in [-0.4, -0.2) is 19.6 Å². The molecule has 0 radical (unpaired) electrons. The van der Waals surface area contributed by atoms with Gasteiger partial charge in [0.25, 0.3) is 10.0 Å². The van der Waals surface area contributed by atoms with Crippen LogP contribution in [0.1, 0.15) is 13.8 Å². The standard InChI is InChI=1S/C4H11N3O2S/c1-3(2)10(8,9)7-4(5)6/h3H,1-2H3,(H4,5,6,7). The average Bonchev–Trinajstić information content (AvgIpc) is 1.60. The van der Waals surface area contributed by atoms with Crippen molar-refractivity contribution in [1.82, 2.24) is 0 Å². The molecule has 0 spiro atoms. The van der Waals surface area contributed by atoms with Gasteiger partial charge in [-0.1, -0.05) is 0 Å². The summed E-state index contributed by atoms with van der Waals surface area (Å²) in [6, 6.07) is 0. The summed E-state index contributed by atoms with van der Waals surface area (Å²) in [6.45, 7) is 3.00. The first kappa shape index (κ1) is 9.22. The van der Waals surface area contributed by atoms with Crippen LogP contribution in [0.5, 0.6) is 0 Å². The lowest BCUT2D eigenvalue weighted by Crippen LogP contribution is -2.26. The van der Waals surface area contributed by atoms with Crippen LogP contribution in [0, 0.1) is 0 Å². The van der Waals surface area contributed by atoms with Crippen molar-refractivity contribution in [3.63, 3.8) is 0 Å². The number of guanidine groups is 1. The first-order valence-electron chi connectivity index (χ1n) is 2.71. The number of rotatable bonds is 2. The molecule has 6 heteroatoms. The fraction of sp³-hybridized carbons (Fsp3) is 0.750. The molecule has 0 saturated heterocycles. The predicted molar refractivity (Wildman–Crippen MR) is 39.9 cm³/mol. The SMILES string of the molecule is CC(C)S(=O)(=O)N=C(N)N. The molecule has 0 aliphatic carbocycles. The number of nitrogens with two attached hydrogens (primary N) is 2. The molecular formula is C4H11N3O2S. The first-order valence-corrected chi connectivity index (χ1v) is 4.21. The molecule has 0 rings (SSSR count). The number of nitrogens with zero attached hydrogens (tertiary/aromatic N) is 1. The number of sulfonamides is 1. The lowest BCUT2D eigenvalue weighted by Gasteiger charge is -1.99. The third-order valence-electron chi connectivity index (χ3n) is 0.828. The summed E-state index contributed by atoms with van der Waals surface area (Å²) in [4.78, 5) is 0. The molecule has 4 N–H and O–H groups in total. The van der Waals surface area contributed by atoms with Crippen LogP contribution in [0.2, 0.25) is 0 Å². The van der Waals surface area contributed by atoms with Gasteiger partial charge in [0.2, 0.25) is 5.96 Å². The highest BCUT2D eigenvalue weighted by Gasteiger charge is 2.13. The molecule has 0 bridgehead atoms. The zero-order chi connectivity index (χ0) is 8.36. The largest absolute Gasteiger partial charge is 0.369 e. The summed E-state index contributed by atoms with van der Waals surface area (Å²) in [7, 11) is -3.46. The summed E-state index contributed by atoms with van der Waals surface area (Å²) >= 11 is 0. The first-order chi connectivity index (χ1) is 4.36. The molecule has 0 saturated carbocycles. The summed E-state index contributed by atoms with van der Waals surface area (Å²) in [6.07, 6.45) is 0. The van der Waals surface area contributed by atoms with Crippen LogP contribution < -0.4 is 11.5 Å². The second kappa shape index (κ2) is 2.87. The van der Waals surface area contributed by atoms with E-state index in [0.717, 1.165) is 0 Å². The molecule has 0 aromatic heterocycles. The fourth-order valence-electron chi connectivity index (χ4n) is 0.252. The van der Waals surface area contributed by atoms with Gasteiger partial charge in [-0.3, -0.25) is 0 Å². The highest BCUT2D eigenvalue weighted by molar-refractivity contribution is 7.90. The summed E-state index contributed by atoms with van der Waals surface area (Å²) in [5, 5.41) is -0.574. The van der Waals surface area contributed by atoms with E-state index in [2.05, 4.69) is 4.40 Å². The Hall–Kier alpha value is -0.780. The van der Waals surface area contributed by atoms with E-state index in [1.165, 1.54) is 13.8 Å². The highest BCUT2D eigenvalue weighted by atomic mass is 32.2. The van der Waals surface area contributed by atoms with Crippen molar-refractivity contribution in [3.05, 3.63) is 0 Å². The zero-order valence-electron chi connectivity index (χ0n) is 5.90. The Morgan fingerprint density at radius 3 is 1.90 bits per heavy atom. The minimum atomic E-state index is -3.46. The van der Waals surface area contributed by atoms with Crippen LogP contribution in [0.15, 0.2) is 4.40 Å². The monoisotopic (exact) mass is 165 g/mol. The van der Waals surface area contributed by atoms with Crippen LogP contribution >= 0.6 is 0 Å². The highest BCUT2D eigenvalue weighted by Crippen LogP contribution is 2.00. The van der Waals surface area contributed by atoms with E-state index >= 15 is 0 Å². The average molecular weight is 165 g/mol. The molecule has 60 valence electrons. The van der Waals surface area contributed by atoms with Crippen LogP contribution in [0.25, 0.3) is 0 Å². The Kier molecular flexibility index (Phi) is 2.65. The second-order valence-electron chi connectivity index (χ2n) is 2.08. The van der Waals surface area contributed by atoms with E-state index in [9.17, 15) is 8.42 Å². The van der Waals surface area contributed by atoms with E-state index in [1.807, 2.05) is 0 Å². The van der Waals surface area contributed by atoms with Crippen molar-refractivity contribution in [2.45, 2.75) is 19.1 Å². The third-order valence-corrected chi connectivity index (χ3v) is 2.49. The molecule has 0 heterocycles. The molecule has 0 aliphatic heterocycles. The molecule has 0 atom stereocenters. The molecular weight excluding hydrogens is 154 g/mol. The molecule has 5 nitrogen and oxygen atoms in total.